The molecule has 7 heteroatoms. The fourth-order valence-corrected chi connectivity index (χ4v) is 3.77. The van der Waals surface area contributed by atoms with Gasteiger partial charge in [-0.3, -0.25) is 14.5 Å². The Kier molecular flexibility index (Phi) is 5.37. The first-order valence-corrected chi connectivity index (χ1v) is 9.56. The van der Waals surface area contributed by atoms with Gasteiger partial charge in [0.2, 0.25) is 0 Å². The highest BCUT2D eigenvalue weighted by atomic mass is 16.5. The van der Waals surface area contributed by atoms with E-state index in [2.05, 4.69) is 4.98 Å². The molecule has 2 aromatic carbocycles. The summed E-state index contributed by atoms with van der Waals surface area (Å²) < 4.78 is 15.8. The smallest absolute Gasteiger partial charge is 0.263 e. The van der Waals surface area contributed by atoms with E-state index in [0.29, 0.717) is 45.6 Å². The van der Waals surface area contributed by atoms with Crippen molar-refractivity contribution >= 4 is 22.7 Å². The maximum Gasteiger partial charge on any atom is 0.263 e. The number of nitrogens with zero attached hydrogens (tertiary/aromatic N) is 2. The molecule has 1 aromatic heterocycles. The van der Waals surface area contributed by atoms with Gasteiger partial charge >= 0.3 is 0 Å². The second kappa shape index (κ2) is 8.12. The Balaban J connectivity index is 1.68. The van der Waals surface area contributed by atoms with Crippen LogP contribution >= 0.6 is 0 Å². The number of para-hydroxylation sites is 1. The fraction of sp³-hybridized carbons (Fsp3) is 0.261. The molecule has 0 radical (unpaired) electrons. The number of hydrogen-bond acceptors (Lipinski definition) is 6. The van der Waals surface area contributed by atoms with Crippen molar-refractivity contribution in [3.63, 3.8) is 0 Å². The Morgan fingerprint density at radius 3 is 2.23 bits per heavy atom. The van der Waals surface area contributed by atoms with Gasteiger partial charge in [0.1, 0.15) is 11.5 Å². The number of amides is 2. The molecule has 0 bridgehead atoms. The zero-order valence-corrected chi connectivity index (χ0v) is 17.1. The number of ether oxygens (including phenoxy) is 3. The summed E-state index contributed by atoms with van der Waals surface area (Å²) in [4.78, 5) is 32.2. The van der Waals surface area contributed by atoms with E-state index in [1.54, 1.807) is 27.4 Å². The molecule has 30 heavy (non-hydrogen) atoms. The lowest BCUT2D eigenvalue weighted by molar-refractivity contribution is 0.0655. The number of methoxy groups -OCH3 is 3. The maximum atomic E-state index is 13.2. The van der Waals surface area contributed by atoms with Crippen LogP contribution in [-0.2, 0) is 17.8 Å². The number of carbonyl (C=O) groups excluding carboxylic acids is 2. The monoisotopic (exact) mass is 406 g/mol. The average Bonchev–Trinajstić information content (AvgIpc) is 3.02. The van der Waals surface area contributed by atoms with Crippen molar-refractivity contribution in [2.24, 2.45) is 0 Å². The molecular formula is C23H22N2O5. The van der Waals surface area contributed by atoms with E-state index < -0.39 is 0 Å². The van der Waals surface area contributed by atoms with Crippen molar-refractivity contribution in [3.05, 3.63) is 64.8 Å². The Morgan fingerprint density at radius 1 is 0.900 bits per heavy atom. The van der Waals surface area contributed by atoms with E-state index in [1.165, 1.54) is 4.90 Å². The van der Waals surface area contributed by atoms with Crippen LogP contribution in [0.5, 0.6) is 11.5 Å². The zero-order chi connectivity index (χ0) is 21.3. The van der Waals surface area contributed by atoms with E-state index in [4.69, 9.17) is 14.2 Å². The van der Waals surface area contributed by atoms with Crippen molar-refractivity contribution in [1.82, 2.24) is 9.88 Å². The van der Waals surface area contributed by atoms with Crippen LogP contribution in [-0.4, -0.2) is 49.6 Å². The van der Waals surface area contributed by atoms with Crippen LogP contribution in [0.2, 0.25) is 0 Å². The molecule has 0 atom stereocenters. The summed E-state index contributed by atoms with van der Waals surface area (Å²) in [7, 11) is 4.70. The normalized spacial score (nSPS) is 13.1. The van der Waals surface area contributed by atoms with E-state index in [1.807, 2.05) is 36.4 Å². The highest BCUT2D eigenvalue weighted by Crippen LogP contribution is 2.32. The molecule has 2 heterocycles. The molecule has 0 unspecified atom stereocenters. The predicted octanol–water partition coefficient (Wildman–Crippen LogP) is 3.24. The summed E-state index contributed by atoms with van der Waals surface area (Å²) in [6.07, 6.45) is 0.476. The Morgan fingerprint density at radius 2 is 1.57 bits per heavy atom. The molecular weight excluding hydrogens is 384 g/mol. The topological polar surface area (TPSA) is 78.0 Å². The minimum absolute atomic E-state index is 0.160. The SMILES string of the molecule is COCc1nc2ccccc2c2c1C(=O)N(CCc1cc(OC)cc(OC)c1)C2=O. The lowest BCUT2D eigenvalue weighted by Gasteiger charge is -2.15. The highest BCUT2D eigenvalue weighted by Gasteiger charge is 2.39. The second-order valence-electron chi connectivity index (χ2n) is 6.99. The van der Waals surface area contributed by atoms with Gasteiger partial charge in [0.25, 0.3) is 11.8 Å². The third kappa shape index (κ3) is 3.37. The molecule has 2 amide bonds. The minimum atomic E-state index is -0.338. The molecule has 0 fully saturated rings. The fourth-order valence-electron chi connectivity index (χ4n) is 3.77. The van der Waals surface area contributed by atoms with Crippen LogP contribution in [0.4, 0.5) is 0 Å². The van der Waals surface area contributed by atoms with Crippen molar-refractivity contribution in [2.75, 3.05) is 27.9 Å². The molecule has 1 aliphatic rings. The van der Waals surface area contributed by atoms with Gasteiger partial charge in [0.05, 0.1) is 43.2 Å². The lowest BCUT2D eigenvalue weighted by atomic mass is 10.0. The molecule has 0 spiro atoms. The molecule has 4 rings (SSSR count). The van der Waals surface area contributed by atoms with Crippen molar-refractivity contribution in [2.45, 2.75) is 13.0 Å². The van der Waals surface area contributed by atoms with Gasteiger partial charge in [-0.2, -0.15) is 0 Å². The summed E-state index contributed by atoms with van der Waals surface area (Å²) >= 11 is 0. The van der Waals surface area contributed by atoms with Gasteiger partial charge in [-0.05, 0) is 30.2 Å². The van der Waals surface area contributed by atoms with Crippen molar-refractivity contribution in [3.8, 4) is 11.5 Å². The number of imide groups is 1. The summed E-state index contributed by atoms with van der Waals surface area (Å²) in [5.74, 6) is 0.671. The lowest BCUT2D eigenvalue weighted by Crippen LogP contribution is -2.32. The van der Waals surface area contributed by atoms with Crippen LogP contribution in [0.1, 0.15) is 32.0 Å². The summed E-state index contributed by atoms with van der Waals surface area (Å²) in [6.45, 7) is 0.399. The van der Waals surface area contributed by atoms with Gasteiger partial charge < -0.3 is 14.2 Å². The molecule has 154 valence electrons. The van der Waals surface area contributed by atoms with Crippen LogP contribution in [0.3, 0.4) is 0 Å². The van der Waals surface area contributed by atoms with Crippen LogP contribution in [0.25, 0.3) is 10.9 Å². The van der Waals surface area contributed by atoms with E-state index >= 15 is 0 Å². The first-order valence-electron chi connectivity index (χ1n) is 9.56. The maximum absolute atomic E-state index is 13.2. The number of rotatable bonds is 7. The van der Waals surface area contributed by atoms with E-state index in [-0.39, 0.29) is 25.0 Å². The Bertz CT molecular complexity index is 1120. The summed E-state index contributed by atoms with van der Waals surface area (Å²) in [5.41, 5.74) is 2.80. The predicted molar refractivity (Wildman–Crippen MR) is 111 cm³/mol. The standard InChI is InChI=1S/C23H22N2O5/c1-28-13-19-21-20(17-6-4-5-7-18(17)24-19)22(26)25(23(21)27)9-8-14-10-15(29-2)12-16(11-14)30-3/h4-7,10-12H,8-9,13H2,1-3H3. The molecule has 1 aliphatic heterocycles. The second-order valence-corrected chi connectivity index (χ2v) is 6.99. The van der Waals surface area contributed by atoms with Gasteiger partial charge in [-0.25, -0.2) is 4.98 Å². The molecule has 3 aromatic rings. The first kappa shape index (κ1) is 19.8. The Labute approximate surface area is 174 Å². The summed E-state index contributed by atoms with van der Waals surface area (Å²) in [6, 6.07) is 12.9. The van der Waals surface area contributed by atoms with Gasteiger partial charge in [-0.15, -0.1) is 0 Å². The number of aromatic nitrogens is 1. The first-order chi connectivity index (χ1) is 14.6. The highest BCUT2D eigenvalue weighted by molar-refractivity contribution is 6.26. The zero-order valence-electron chi connectivity index (χ0n) is 17.1. The largest absolute Gasteiger partial charge is 0.497 e. The average molecular weight is 406 g/mol. The van der Waals surface area contributed by atoms with Crippen LogP contribution in [0, 0.1) is 0 Å². The van der Waals surface area contributed by atoms with Gasteiger partial charge in [0.15, 0.2) is 0 Å². The molecule has 0 saturated heterocycles. The molecule has 0 N–H and O–H groups in total. The number of pyridine rings is 1. The third-order valence-electron chi connectivity index (χ3n) is 5.20. The summed E-state index contributed by atoms with van der Waals surface area (Å²) in [5, 5.41) is 0.677. The van der Waals surface area contributed by atoms with Crippen molar-refractivity contribution in [1.29, 1.82) is 0 Å². The van der Waals surface area contributed by atoms with Gasteiger partial charge in [0, 0.05) is 25.1 Å². The van der Waals surface area contributed by atoms with Crippen LogP contribution < -0.4 is 9.47 Å². The third-order valence-corrected chi connectivity index (χ3v) is 5.20. The number of hydrogen-bond donors (Lipinski definition) is 0. The molecule has 0 aliphatic carbocycles. The quantitative estimate of drug-likeness (QED) is 0.561. The van der Waals surface area contributed by atoms with Gasteiger partial charge in [-0.1, -0.05) is 18.2 Å². The number of benzene rings is 2. The molecule has 7 nitrogen and oxygen atoms in total. The number of carbonyl (C=O) groups is 2. The van der Waals surface area contributed by atoms with E-state index in [9.17, 15) is 9.59 Å². The van der Waals surface area contributed by atoms with Crippen molar-refractivity contribution < 1.29 is 23.8 Å². The van der Waals surface area contributed by atoms with E-state index in [0.717, 1.165) is 5.56 Å². The van der Waals surface area contributed by atoms with Crippen LogP contribution in [0.15, 0.2) is 42.5 Å². The minimum Gasteiger partial charge on any atom is -0.497 e. The number of fused-ring (bicyclic) bond motifs is 3. The molecule has 0 saturated carbocycles. The Hall–Kier alpha value is -3.45.